The van der Waals surface area contributed by atoms with E-state index in [0.717, 1.165) is 31.1 Å². The number of aryl methyl sites for hydroxylation is 1. The number of halogens is 1. The van der Waals surface area contributed by atoms with E-state index in [4.69, 9.17) is 16.3 Å². The third kappa shape index (κ3) is 4.57. The minimum Gasteiger partial charge on any atom is -0.493 e. The van der Waals surface area contributed by atoms with Gasteiger partial charge in [-0.15, -0.1) is 11.6 Å². The Balaban J connectivity index is 2.41. The van der Waals surface area contributed by atoms with Gasteiger partial charge in [0.15, 0.2) is 0 Å². The standard InChI is InChI=1S/C13H19ClO/c1-3-12(7-8-14)10-15-13-6-4-5-11(2)9-13/h4-6,9,12H,3,7-8,10H2,1-2H3. The molecule has 1 aromatic rings. The van der Waals surface area contributed by atoms with Crippen LogP contribution < -0.4 is 4.74 Å². The summed E-state index contributed by atoms with van der Waals surface area (Å²) in [7, 11) is 0. The van der Waals surface area contributed by atoms with Crippen LogP contribution in [0.15, 0.2) is 24.3 Å². The van der Waals surface area contributed by atoms with Crippen LogP contribution in [0.3, 0.4) is 0 Å². The predicted molar refractivity (Wildman–Crippen MR) is 65.8 cm³/mol. The highest BCUT2D eigenvalue weighted by Crippen LogP contribution is 2.16. The van der Waals surface area contributed by atoms with Gasteiger partial charge in [-0.05, 0) is 37.0 Å². The second-order valence-corrected chi connectivity index (χ2v) is 4.26. The van der Waals surface area contributed by atoms with Gasteiger partial charge in [-0.2, -0.15) is 0 Å². The summed E-state index contributed by atoms with van der Waals surface area (Å²) in [6.45, 7) is 5.02. The molecule has 1 rings (SSSR count). The summed E-state index contributed by atoms with van der Waals surface area (Å²) in [4.78, 5) is 0. The highest BCUT2D eigenvalue weighted by molar-refractivity contribution is 6.17. The second kappa shape index (κ2) is 6.73. The van der Waals surface area contributed by atoms with Crippen LogP contribution in [0.1, 0.15) is 25.3 Å². The van der Waals surface area contributed by atoms with E-state index >= 15 is 0 Å². The Morgan fingerprint density at radius 1 is 1.40 bits per heavy atom. The second-order valence-electron chi connectivity index (χ2n) is 3.88. The summed E-state index contributed by atoms with van der Waals surface area (Å²) >= 11 is 5.73. The van der Waals surface area contributed by atoms with E-state index in [1.165, 1.54) is 5.56 Å². The number of hydrogen-bond donors (Lipinski definition) is 0. The molecule has 2 heteroatoms. The van der Waals surface area contributed by atoms with Gasteiger partial charge in [0.25, 0.3) is 0 Å². The first kappa shape index (κ1) is 12.4. The van der Waals surface area contributed by atoms with Gasteiger partial charge in [-0.1, -0.05) is 25.5 Å². The molecule has 0 fully saturated rings. The lowest BCUT2D eigenvalue weighted by molar-refractivity contribution is 0.241. The first-order valence-electron chi connectivity index (χ1n) is 5.51. The number of hydrogen-bond acceptors (Lipinski definition) is 1. The quantitative estimate of drug-likeness (QED) is 0.666. The summed E-state index contributed by atoms with van der Waals surface area (Å²) in [5, 5.41) is 0. The first-order chi connectivity index (χ1) is 7.26. The summed E-state index contributed by atoms with van der Waals surface area (Å²) in [6, 6.07) is 8.16. The van der Waals surface area contributed by atoms with Crippen molar-refractivity contribution in [3.8, 4) is 5.75 Å². The number of rotatable bonds is 6. The van der Waals surface area contributed by atoms with E-state index in [2.05, 4.69) is 26.0 Å². The van der Waals surface area contributed by atoms with Crippen LogP contribution in [0.4, 0.5) is 0 Å². The molecule has 1 nitrogen and oxygen atoms in total. The normalized spacial score (nSPS) is 12.5. The number of alkyl halides is 1. The fraction of sp³-hybridized carbons (Fsp3) is 0.538. The summed E-state index contributed by atoms with van der Waals surface area (Å²) in [6.07, 6.45) is 2.16. The van der Waals surface area contributed by atoms with Gasteiger partial charge in [0.2, 0.25) is 0 Å². The molecule has 0 spiro atoms. The summed E-state index contributed by atoms with van der Waals surface area (Å²) in [5.41, 5.74) is 1.23. The van der Waals surface area contributed by atoms with Crippen molar-refractivity contribution in [1.82, 2.24) is 0 Å². The Labute approximate surface area is 97.4 Å². The fourth-order valence-electron chi connectivity index (χ4n) is 1.48. The molecule has 1 unspecified atom stereocenters. The van der Waals surface area contributed by atoms with Crippen molar-refractivity contribution >= 4 is 11.6 Å². The van der Waals surface area contributed by atoms with Gasteiger partial charge in [0.1, 0.15) is 5.75 Å². The van der Waals surface area contributed by atoms with Crippen LogP contribution in [-0.2, 0) is 0 Å². The first-order valence-corrected chi connectivity index (χ1v) is 6.05. The van der Waals surface area contributed by atoms with E-state index in [0.29, 0.717) is 5.92 Å². The van der Waals surface area contributed by atoms with Crippen LogP contribution >= 0.6 is 11.6 Å². The molecule has 0 bridgehead atoms. The highest BCUT2D eigenvalue weighted by atomic mass is 35.5. The Morgan fingerprint density at radius 3 is 2.80 bits per heavy atom. The molecule has 15 heavy (non-hydrogen) atoms. The molecule has 0 amide bonds. The molecular weight excluding hydrogens is 208 g/mol. The number of benzene rings is 1. The number of ether oxygens (including phenoxy) is 1. The lowest BCUT2D eigenvalue weighted by atomic mass is 10.1. The van der Waals surface area contributed by atoms with Gasteiger partial charge in [-0.25, -0.2) is 0 Å². The summed E-state index contributed by atoms with van der Waals surface area (Å²) in [5.74, 6) is 2.25. The third-order valence-electron chi connectivity index (χ3n) is 2.57. The predicted octanol–water partition coefficient (Wildman–Crippen LogP) is 4.03. The van der Waals surface area contributed by atoms with Gasteiger partial charge in [0.05, 0.1) is 6.61 Å². The molecule has 0 heterocycles. The molecule has 0 saturated carbocycles. The minimum absolute atomic E-state index is 0.572. The van der Waals surface area contributed by atoms with Crippen molar-refractivity contribution in [2.45, 2.75) is 26.7 Å². The minimum atomic E-state index is 0.572. The largest absolute Gasteiger partial charge is 0.493 e. The van der Waals surface area contributed by atoms with Crippen molar-refractivity contribution in [2.24, 2.45) is 5.92 Å². The van der Waals surface area contributed by atoms with Gasteiger partial charge in [0, 0.05) is 5.88 Å². The molecule has 0 aliphatic carbocycles. The molecule has 0 aliphatic heterocycles. The smallest absolute Gasteiger partial charge is 0.119 e. The molecule has 0 aliphatic rings. The average Bonchev–Trinajstić information content (AvgIpc) is 2.24. The molecule has 1 aromatic carbocycles. The third-order valence-corrected chi connectivity index (χ3v) is 2.79. The van der Waals surface area contributed by atoms with Crippen molar-refractivity contribution in [3.05, 3.63) is 29.8 Å². The molecular formula is C13H19ClO. The molecule has 1 atom stereocenters. The van der Waals surface area contributed by atoms with Gasteiger partial charge < -0.3 is 4.74 Å². The lowest BCUT2D eigenvalue weighted by Gasteiger charge is -2.14. The Hall–Kier alpha value is -0.690. The Kier molecular flexibility index (Phi) is 5.56. The SMILES string of the molecule is CCC(CCCl)COc1cccc(C)c1. The lowest BCUT2D eigenvalue weighted by Crippen LogP contribution is -2.11. The molecule has 84 valence electrons. The van der Waals surface area contributed by atoms with Crippen LogP contribution in [0.25, 0.3) is 0 Å². The van der Waals surface area contributed by atoms with Gasteiger partial charge in [-0.3, -0.25) is 0 Å². The summed E-state index contributed by atoms with van der Waals surface area (Å²) < 4.78 is 5.73. The van der Waals surface area contributed by atoms with Crippen molar-refractivity contribution in [1.29, 1.82) is 0 Å². The van der Waals surface area contributed by atoms with Crippen LogP contribution in [0.2, 0.25) is 0 Å². The van der Waals surface area contributed by atoms with Crippen LogP contribution in [0.5, 0.6) is 5.75 Å². The Bertz CT molecular complexity index is 286. The maximum atomic E-state index is 5.73. The van der Waals surface area contributed by atoms with Crippen LogP contribution in [0, 0.1) is 12.8 Å². The molecule has 0 radical (unpaired) electrons. The van der Waals surface area contributed by atoms with E-state index < -0.39 is 0 Å². The van der Waals surface area contributed by atoms with E-state index in [9.17, 15) is 0 Å². The zero-order chi connectivity index (χ0) is 11.1. The van der Waals surface area contributed by atoms with E-state index in [1.54, 1.807) is 0 Å². The monoisotopic (exact) mass is 226 g/mol. The zero-order valence-corrected chi connectivity index (χ0v) is 10.3. The maximum Gasteiger partial charge on any atom is 0.119 e. The average molecular weight is 227 g/mol. The van der Waals surface area contributed by atoms with E-state index in [1.807, 2.05) is 12.1 Å². The Morgan fingerprint density at radius 2 is 2.20 bits per heavy atom. The van der Waals surface area contributed by atoms with Crippen LogP contribution in [-0.4, -0.2) is 12.5 Å². The molecule has 0 N–H and O–H groups in total. The maximum absolute atomic E-state index is 5.73. The van der Waals surface area contributed by atoms with Crippen molar-refractivity contribution < 1.29 is 4.74 Å². The van der Waals surface area contributed by atoms with Crippen molar-refractivity contribution in [2.75, 3.05) is 12.5 Å². The van der Waals surface area contributed by atoms with Crippen molar-refractivity contribution in [3.63, 3.8) is 0 Å². The zero-order valence-electron chi connectivity index (χ0n) is 9.50. The molecule has 0 saturated heterocycles. The van der Waals surface area contributed by atoms with E-state index in [-0.39, 0.29) is 0 Å². The highest BCUT2D eigenvalue weighted by Gasteiger charge is 2.06. The van der Waals surface area contributed by atoms with Gasteiger partial charge >= 0.3 is 0 Å². The fourth-order valence-corrected chi connectivity index (χ4v) is 1.79. The molecule has 0 aromatic heterocycles. The topological polar surface area (TPSA) is 9.23 Å².